The molecule has 100 valence electrons. The highest BCUT2D eigenvalue weighted by Gasteiger charge is 2.10. The first kappa shape index (κ1) is 13.2. The van der Waals surface area contributed by atoms with Gasteiger partial charge in [-0.2, -0.15) is 0 Å². The molecule has 0 aromatic heterocycles. The first-order valence-electron chi connectivity index (χ1n) is 6.01. The first-order chi connectivity index (χ1) is 9.04. The molecule has 1 atom stereocenters. The number of hydrogen-bond donors (Lipinski definition) is 4. The Morgan fingerprint density at radius 3 is 2.05 bits per heavy atom. The molecule has 4 N–H and O–H groups in total. The Labute approximate surface area is 111 Å². The van der Waals surface area contributed by atoms with Crippen molar-refractivity contribution >= 4 is 0 Å². The maximum Gasteiger partial charge on any atom is 0.122 e. The van der Waals surface area contributed by atoms with E-state index in [0.717, 1.165) is 5.56 Å². The van der Waals surface area contributed by atoms with Crippen LogP contribution in [-0.2, 0) is 12.8 Å². The zero-order chi connectivity index (χ0) is 13.8. The van der Waals surface area contributed by atoms with Gasteiger partial charge in [-0.05, 0) is 35.7 Å². The van der Waals surface area contributed by atoms with Crippen molar-refractivity contribution in [1.82, 2.24) is 0 Å². The van der Waals surface area contributed by atoms with Gasteiger partial charge in [0.25, 0.3) is 0 Å². The molecule has 0 heterocycles. The van der Waals surface area contributed by atoms with Gasteiger partial charge < -0.3 is 20.4 Å². The summed E-state index contributed by atoms with van der Waals surface area (Å²) < 4.78 is 0. The molecule has 0 saturated heterocycles. The van der Waals surface area contributed by atoms with E-state index in [1.54, 1.807) is 30.3 Å². The summed E-state index contributed by atoms with van der Waals surface area (Å²) in [6, 6.07) is 10.9. The van der Waals surface area contributed by atoms with Crippen LogP contribution >= 0.6 is 0 Å². The summed E-state index contributed by atoms with van der Waals surface area (Å²) in [5.74, 6) is 0.161. The van der Waals surface area contributed by atoms with Crippen molar-refractivity contribution < 1.29 is 20.4 Å². The summed E-state index contributed by atoms with van der Waals surface area (Å²) in [7, 11) is 0. The van der Waals surface area contributed by atoms with E-state index in [-0.39, 0.29) is 17.2 Å². The molecule has 4 heteroatoms. The maximum atomic E-state index is 9.98. The Morgan fingerprint density at radius 2 is 1.42 bits per heavy atom. The van der Waals surface area contributed by atoms with E-state index in [1.165, 1.54) is 12.1 Å². The van der Waals surface area contributed by atoms with Crippen LogP contribution in [-0.4, -0.2) is 26.5 Å². The lowest BCUT2D eigenvalue weighted by Gasteiger charge is -2.12. The summed E-state index contributed by atoms with van der Waals surface area (Å²) in [6.45, 7) is 0. The zero-order valence-electron chi connectivity index (χ0n) is 10.3. The number of aliphatic hydroxyl groups is 1. The zero-order valence-corrected chi connectivity index (χ0v) is 10.3. The van der Waals surface area contributed by atoms with Gasteiger partial charge in [-0.1, -0.05) is 18.2 Å². The molecule has 0 fully saturated rings. The van der Waals surface area contributed by atoms with Gasteiger partial charge in [-0.25, -0.2) is 0 Å². The molecule has 2 rings (SSSR count). The minimum Gasteiger partial charge on any atom is -0.508 e. The number of hydrogen-bond acceptors (Lipinski definition) is 4. The van der Waals surface area contributed by atoms with Crippen molar-refractivity contribution in [2.45, 2.75) is 18.9 Å². The molecule has 0 aliphatic carbocycles. The van der Waals surface area contributed by atoms with Gasteiger partial charge in [0, 0.05) is 12.5 Å². The number of aromatic hydroxyl groups is 3. The van der Waals surface area contributed by atoms with Crippen LogP contribution in [0.2, 0.25) is 0 Å². The second-order valence-corrected chi connectivity index (χ2v) is 4.54. The number of phenolic OH excluding ortho intramolecular Hbond substituents is 3. The highest BCUT2D eigenvalue weighted by molar-refractivity contribution is 5.39. The Bertz CT molecular complexity index is 549. The third-order valence-electron chi connectivity index (χ3n) is 2.93. The van der Waals surface area contributed by atoms with E-state index >= 15 is 0 Å². The average Bonchev–Trinajstić information content (AvgIpc) is 2.36. The SMILES string of the molecule is Oc1ccc(CC(O)Cc2ccc(O)cc2O)cc1. The van der Waals surface area contributed by atoms with Crippen LogP contribution in [0.25, 0.3) is 0 Å². The quantitative estimate of drug-likeness (QED) is 0.677. The molecular weight excluding hydrogens is 244 g/mol. The molecule has 0 spiro atoms. The summed E-state index contributed by atoms with van der Waals surface area (Å²) in [5, 5.41) is 38.0. The van der Waals surface area contributed by atoms with Crippen LogP contribution < -0.4 is 0 Å². The van der Waals surface area contributed by atoms with E-state index in [4.69, 9.17) is 5.11 Å². The molecule has 0 radical (unpaired) electrons. The van der Waals surface area contributed by atoms with Gasteiger partial charge in [0.05, 0.1) is 6.10 Å². The standard InChI is InChI=1S/C15H16O4/c16-12-4-1-10(2-5-12)7-14(18)8-11-3-6-13(17)9-15(11)19/h1-6,9,14,16-19H,7-8H2. The van der Waals surface area contributed by atoms with Crippen molar-refractivity contribution in [3.05, 3.63) is 53.6 Å². The van der Waals surface area contributed by atoms with Crippen LogP contribution in [0.4, 0.5) is 0 Å². The third kappa shape index (κ3) is 3.63. The fourth-order valence-corrected chi connectivity index (χ4v) is 1.95. The Morgan fingerprint density at radius 1 is 0.789 bits per heavy atom. The molecule has 0 aliphatic rings. The topological polar surface area (TPSA) is 80.9 Å². The molecule has 4 nitrogen and oxygen atoms in total. The second kappa shape index (κ2) is 5.63. The molecular formula is C15H16O4. The van der Waals surface area contributed by atoms with Crippen LogP contribution in [0.1, 0.15) is 11.1 Å². The van der Waals surface area contributed by atoms with Crippen molar-refractivity contribution in [1.29, 1.82) is 0 Å². The predicted octanol–water partition coefficient (Wildman–Crippen LogP) is 1.95. The summed E-state index contributed by atoms with van der Waals surface area (Å²) in [5.41, 5.74) is 1.49. The lowest BCUT2D eigenvalue weighted by molar-refractivity contribution is 0.174. The minimum atomic E-state index is -0.639. The van der Waals surface area contributed by atoms with Crippen molar-refractivity contribution in [2.24, 2.45) is 0 Å². The fourth-order valence-electron chi connectivity index (χ4n) is 1.95. The molecule has 2 aromatic carbocycles. The number of benzene rings is 2. The number of aliphatic hydroxyl groups excluding tert-OH is 1. The maximum absolute atomic E-state index is 9.98. The van der Waals surface area contributed by atoms with Gasteiger partial charge in [0.2, 0.25) is 0 Å². The molecule has 0 amide bonds. The molecule has 2 aromatic rings. The van der Waals surface area contributed by atoms with Crippen molar-refractivity contribution in [3.8, 4) is 17.2 Å². The summed E-state index contributed by atoms with van der Waals surface area (Å²) >= 11 is 0. The predicted molar refractivity (Wildman–Crippen MR) is 71.3 cm³/mol. The molecule has 0 bridgehead atoms. The average molecular weight is 260 g/mol. The minimum absolute atomic E-state index is 0.00530. The van der Waals surface area contributed by atoms with E-state index in [0.29, 0.717) is 18.4 Å². The van der Waals surface area contributed by atoms with E-state index in [9.17, 15) is 15.3 Å². The van der Waals surface area contributed by atoms with E-state index in [2.05, 4.69) is 0 Å². The Hall–Kier alpha value is -2.20. The molecule has 0 aliphatic heterocycles. The highest BCUT2D eigenvalue weighted by Crippen LogP contribution is 2.24. The van der Waals surface area contributed by atoms with Gasteiger partial charge >= 0.3 is 0 Å². The summed E-state index contributed by atoms with van der Waals surface area (Å²) in [6.07, 6.45) is 0.0908. The number of phenols is 3. The lowest BCUT2D eigenvalue weighted by Crippen LogP contribution is -2.13. The molecule has 1 unspecified atom stereocenters. The van der Waals surface area contributed by atoms with Gasteiger partial charge in [0.1, 0.15) is 17.2 Å². The van der Waals surface area contributed by atoms with Crippen LogP contribution in [0.5, 0.6) is 17.2 Å². The van der Waals surface area contributed by atoms with Crippen molar-refractivity contribution in [2.75, 3.05) is 0 Å². The van der Waals surface area contributed by atoms with Crippen LogP contribution in [0.3, 0.4) is 0 Å². The first-order valence-corrected chi connectivity index (χ1v) is 6.01. The van der Waals surface area contributed by atoms with Crippen molar-refractivity contribution in [3.63, 3.8) is 0 Å². The number of rotatable bonds is 4. The molecule has 0 saturated carbocycles. The van der Waals surface area contributed by atoms with Crippen LogP contribution in [0, 0.1) is 0 Å². The fraction of sp³-hybridized carbons (Fsp3) is 0.200. The second-order valence-electron chi connectivity index (χ2n) is 4.54. The highest BCUT2D eigenvalue weighted by atomic mass is 16.3. The van der Waals surface area contributed by atoms with E-state index in [1.807, 2.05) is 0 Å². The van der Waals surface area contributed by atoms with Gasteiger partial charge in [0.15, 0.2) is 0 Å². The lowest BCUT2D eigenvalue weighted by atomic mass is 10.0. The monoisotopic (exact) mass is 260 g/mol. The Balaban J connectivity index is 2.01. The largest absolute Gasteiger partial charge is 0.508 e. The third-order valence-corrected chi connectivity index (χ3v) is 2.93. The Kier molecular flexibility index (Phi) is 3.92. The smallest absolute Gasteiger partial charge is 0.122 e. The van der Waals surface area contributed by atoms with Crippen LogP contribution in [0.15, 0.2) is 42.5 Å². The van der Waals surface area contributed by atoms with Gasteiger partial charge in [-0.15, -0.1) is 0 Å². The van der Waals surface area contributed by atoms with Gasteiger partial charge in [-0.3, -0.25) is 0 Å². The normalized spacial score (nSPS) is 12.3. The molecule has 19 heavy (non-hydrogen) atoms. The van der Waals surface area contributed by atoms with E-state index < -0.39 is 6.10 Å². The summed E-state index contributed by atoms with van der Waals surface area (Å²) in [4.78, 5) is 0.